The third-order valence-electron chi connectivity index (χ3n) is 7.23. The average Bonchev–Trinajstić information content (AvgIpc) is 3.18. The molecule has 0 radical (unpaired) electrons. The quantitative estimate of drug-likeness (QED) is 0.666. The molecule has 4 atom stereocenters. The number of carbonyl (C=O) groups is 2. The van der Waals surface area contributed by atoms with Crippen LogP contribution in [0.25, 0.3) is 0 Å². The Kier molecular flexibility index (Phi) is 13.6. The molecule has 3 aliphatic rings. The lowest BCUT2D eigenvalue weighted by Crippen LogP contribution is -2.28. The molecule has 1 aliphatic carbocycles. The molecular weight excluding hydrogens is 388 g/mol. The van der Waals surface area contributed by atoms with E-state index in [4.69, 9.17) is 0 Å². The first-order valence-corrected chi connectivity index (χ1v) is 12.1. The van der Waals surface area contributed by atoms with Crippen molar-refractivity contribution in [1.82, 2.24) is 9.80 Å². The second-order valence-corrected chi connectivity index (χ2v) is 10.6. The Bertz CT molecular complexity index is 533. The lowest BCUT2D eigenvalue weighted by molar-refractivity contribution is -0.131. The van der Waals surface area contributed by atoms with E-state index < -0.39 is 0 Å². The first kappa shape index (κ1) is 29.9. The van der Waals surface area contributed by atoms with Crippen LogP contribution in [0, 0.1) is 35.5 Å². The minimum atomic E-state index is -0.00579. The van der Waals surface area contributed by atoms with Crippen molar-refractivity contribution in [2.45, 2.75) is 93.6 Å². The van der Waals surface area contributed by atoms with Crippen LogP contribution < -0.4 is 0 Å². The molecule has 0 aromatic rings. The largest absolute Gasteiger partial charge is 0.393 e. The number of hydrogen-bond donors (Lipinski definition) is 1. The third-order valence-corrected chi connectivity index (χ3v) is 7.23. The van der Waals surface area contributed by atoms with E-state index in [2.05, 4.69) is 41.5 Å². The predicted octanol–water partition coefficient (Wildman–Crippen LogP) is 5.07. The van der Waals surface area contributed by atoms with Gasteiger partial charge in [-0.25, -0.2) is 0 Å². The topological polar surface area (TPSA) is 60.9 Å². The standard InChI is InChI=1S/C9H18O.2C8H15NO.CH4/c1-7(2)8-5-3-4-6-9(8)10;1-6(2)7-4-8(10)9(3)5-7;1-6(2)7-4-5-9(3)8(7)10;/h7-10H,3-6H2,1-2H3;2*6-7H,4-5H2,1-3H3;1H4. The normalized spacial score (nSPS) is 28.4. The van der Waals surface area contributed by atoms with Crippen molar-refractivity contribution in [1.29, 1.82) is 0 Å². The van der Waals surface area contributed by atoms with E-state index in [1.165, 1.54) is 19.3 Å². The van der Waals surface area contributed by atoms with Crippen molar-refractivity contribution in [3.63, 3.8) is 0 Å². The maximum atomic E-state index is 11.3. The Morgan fingerprint density at radius 2 is 1.42 bits per heavy atom. The second kappa shape index (κ2) is 14.1. The summed E-state index contributed by atoms with van der Waals surface area (Å²) in [6, 6.07) is 0. The first-order chi connectivity index (χ1) is 14.0. The molecule has 4 unspecified atom stereocenters. The minimum Gasteiger partial charge on any atom is -0.393 e. The van der Waals surface area contributed by atoms with E-state index in [9.17, 15) is 14.7 Å². The van der Waals surface area contributed by atoms with Gasteiger partial charge in [-0.15, -0.1) is 0 Å². The SMILES string of the molecule is C.CC(C)C1CC(=O)N(C)C1.CC(C)C1CCCCC1O.CC(C)C1CCN(C)C1=O. The Labute approximate surface area is 192 Å². The van der Waals surface area contributed by atoms with Crippen molar-refractivity contribution >= 4 is 11.8 Å². The molecule has 3 rings (SSSR count). The van der Waals surface area contributed by atoms with E-state index in [0.29, 0.717) is 47.3 Å². The number of hydrogen-bond acceptors (Lipinski definition) is 3. The third kappa shape index (κ3) is 9.51. The van der Waals surface area contributed by atoms with Crippen molar-refractivity contribution in [2.24, 2.45) is 35.5 Å². The van der Waals surface area contributed by atoms with Crippen molar-refractivity contribution in [2.75, 3.05) is 27.2 Å². The first-order valence-electron chi connectivity index (χ1n) is 12.1. The van der Waals surface area contributed by atoms with Crippen molar-refractivity contribution < 1.29 is 14.7 Å². The molecule has 0 aromatic carbocycles. The molecule has 5 nitrogen and oxygen atoms in total. The number of aliphatic hydroxyl groups is 1. The Morgan fingerprint density at radius 3 is 1.68 bits per heavy atom. The molecule has 1 N–H and O–H groups in total. The summed E-state index contributed by atoms with van der Waals surface area (Å²) in [6.45, 7) is 14.9. The maximum absolute atomic E-state index is 11.3. The summed E-state index contributed by atoms with van der Waals surface area (Å²) in [7, 11) is 3.76. The summed E-state index contributed by atoms with van der Waals surface area (Å²) in [6.07, 6.45) is 6.61. The van der Waals surface area contributed by atoms with Gasteiger partial charge in [-0.3, -0.25) is 9.59 Å². The van der Waals surface area contributed by atoms with Crippen molar-refractivity contribution in [3.05, 3.63) is 0 Å². The summed E-state index contributed by atoms with van der Waals surface area (Å²) in [5, 5.41) is 9.54. The summed E-state index contributed by atoms with van der Waals surface area (Å²) < 4.78 is 0. The van der Waals surface area contributed by atoms with Gasteiger partial charge >= 0.3 is 0 Å². The molecule has 0 spiro atoms. The van der Waals surface area contributed by atoms with Gasteiger partial charge in [0.05, 0.1) is 6.10 Å². The summed E-state index contributed by atoms with van der Waals surface area (Å²) in [4.78, 5) is 25.9. The molecule has 2 aliphatic heterocycles. The van der Waals surface area contributed by atoms with Crippen LogP contribution in [0.2, 0.25) is 0 Å². The number of amides is 2. The number of nitrogens with zero attached hydrogens (tertiary/aromatic N) is 2. The van der Waals surface area contributed by atoms with Gasteiger partial charge < -0.3 is 14.9 Å². The lowest BCUT2D eigenvalue weighted by Gasteiger charge is -2.30. The van der Waals surface area contributed by atoms with Crippen LogP contribution in [0.4, 0.5) is 0 Å². The van der Waals surface area contributed by atoms with Crippen LogP contribution in [-0.4, -0.2) is 60.0 Å². The second-order valence-electron chi connectivity index (χ2n) is 10.6. The van der Waals surface area contributed by atoms with Gasteiger partial charge in [0.25, 0.3) is 0 Å². The molecule has 184 valence electrons. The highest BCUT2D eigenvalue weighted by molar-refractivity contribution is 5.80. The number of rotatable bonds is 3. The van der Waals surface area contributed by atoms with E-state index >= 15 is 0 Å². The molecule has 0 bridgehead atoms. The molecular formula is C26H52N2O3. The number of likely N-dealkylation sites (tertiary alicyclic amines) is 2. The fourth-order valence-corrected chi connectivity index (χ4v) is 4.73. The molecule has 2 amide bonds. The van der Waals surface area contributed by atoms with Gasteiger partial charge in [0.15, 0.2) is 0 Å². The van der Waals surface area contributed by atoms with Crippen LogP contribution in [0.3, 0.4) is 0 Å². The monoisotopic (exact) mass is 440 g/mol. The van der Waals surface area contributed by atoms with Gasteiger partial charge in [0.1, 0.15) is 0 Å². The Morgan fingerprint density at radius 1 is 0.839 bits per heavy atom. The molecule has 31 heavy (non-hydrogen) atoms. The van der Waals surface area contributed by atoms with Gasteiger partial charge in [-0.05, 0) is 48.9 Å². The highest BCUT2D eigenvalue weighted by Crippen LogP contribution is 2.29. The molecule has 2 heterocycles. The zero-order valence-corrected chi connectivity index (χ0v) is 20.9. The summed E-state index contributed by atoms with van der Waals surface area (Å²) in [5.74, 6) is 3.92. The number of carbonyl (C=O) groups excluding carboxylic acids is 2. The van der Waals surface area contributed by atoms with Gasteiger partial charge in [-0.2, -0.15) is 0 Å². The summed E-state index contributed by atoms with van der Waals surface area (Å²) in [5.41, 5.74) is 0. The number of aliphatic hydroxyl groups excluding tert-OH is 1. The molecule has 1 saturated carbocycles. The fraction of sp³-hybridized carbons (Fsp3) is 0.923. The van der Waals surface area contributed by atoms with E-state index in [-0.39, 0.29) is 13.5 Å². The van der Waals surface area contributed by atoms with Gasteiger partial charge in [-0.1, -0.05) is 61.8 Å². The van der Waals surface area contributed by atoms with E-state index in [0.717, 1.165) is 32.4 Å². The van der Waals surface area contributed by atoms with Crippen molar-refractivity contribution in [3.8, 4) is 0 Å². The van der Waals surface area contributed by atoms with E-state index in [1.807, 2.05) is 23.9 Å². The molecule has 3 fully saturated rings. The molecule has 5 heteroatoms. The van der Waals surface area contributed by atoms with E-state index in [1.54, 1.807) is 0 Å². The van der Waals surface area contributed by atoms with Crippen LogP contribution in [0.1, 0.15) is 87.5 Å². The maximum Gasteiger partial charge on any atom is 0.225 e. The van der Waals surface area contributed by atoms with Crippen LogP contribution in [0.15, 0.2) is 0 Å². The summed E-state index contributed by atoms with van der Waals surface area (Å²) >= 11 is 0. The fourth-order valence-electron chi connectivity index (χ4n) is 4.73. The van der Waals surface area contributed by atoms with Crippen LogP contribution in [0.5, 0.6) is 0 Å². The zero-order valence-electron chi connectivity index (χ0n) is 20.9. The lowest BCUT2D eigenvalue weighted by atomic mass is 9.79. The van der Waals surface area contributed by atoms with Crippen LogP contribution in [-0.2, 0) is 9.59 Å². The average molecular weight is 441 g/mol. The smallest absolute Gasteiger partial charge is 0.225 e. The van der Waals surface area contributed by atoms with Gasteiger partial charge in [0.2, 0.25) is 11.8 Å². The predicted molar refractivity (Wildman–Crippen MR) is 131 cm³/mol. The zero-order chi connectivity index (χ0) is 23.0. The Hall–Kier alpha value is -1.10. The Balaban J connectivity index is 0.000000429. The molecule has 0 aromatic heterocycles. The highest BCUT2D eigenvalue weighted by Gasteiger charge is 2.31. The minimum absolute atomic E-state index is 0. The molecule has 2 saturated heterocycles. The van der Waals surface area contributed by atoms with Crippen LogP contribution >= 0.6 is 0 Å². The van der Waals surface area contributed by atoms with Gasteiger partial charge in [0, 0.05) is 39.5 Å². The highest BCUT2D eigenvalue weighted by atomic mass is 16.3.